The third-order valence-corrected chi connectivity index (χ3v) is 6.56. The Morgan fingerprint density at radius 3 is 2.50 bits per heavy atom. The lowest BCUT2D eigenvalue weighted by molar-refractivity contribution is 0.0601. The van der Waals surface area contributed by atoms with Gasteiger partial charge in [-0.1, -0.05) is 12.1 Å². The molecule has 0 saturated heterocycles. The van der Waals surface area contributed by atoms with Crippen molar-refractivity contribution in [1.29, 1.82) is 0 Å². The van der Waals surface area contributed by atoms with Crippen LogP contribution in [0.1, 0.15) is 45.0 Å². The average Bonchev–Trinajstić information content (AvgIpc) is 3.38. The van der Waals surface area contributed by atoms with Gasteiger partial charge < -0.3 is 20.3 Å². The van der Waals surface area contributed by atoms with Crippen LogP contribution in [0, 0.1) is 12.7 Å². The van der Waals surface area contributed by atoms with Crippen LogP contribution < -0.4 is 10.6 Å². The maximum Gasteiger partial charge on any atom is 0.341 e. The number of nitrogens with one attached hydrogen (secondary N) is 2. The lowest BCUT2D eigenvalue weighted by Gasteiger charge is -2.17. The second-order valence-electron chi connectivity index (χ2n) is 7.36. The number of carbonyl (C=O) groups is 2. The van der Waals surface area contributed by atoms with E-state index in [-0.39, 0.29) is 22.4 Å². The monoisotopic (exact) mass is 503 g/mol. The first-order valence-electron chi connectivity index (χ1n) is 10.6. The van der Waals surface area contributed by atoms with Crippen molar-refractivity contribution in [3.63, 3.8) is 0 Å². The molecule has 0 aliphatic carbocycles. The number of ether oxygens (including phenoxy) is 1. The topological polar surface area (TPSA) is 88.5 Å². The highest BCUT2D eigenvalue weighted by molar-refractivity contribution is 7.80. The summed E-state index contributed by atoms with van der Waals surface area (Å²) >= 11 is 6.59. The van der Waals surface area contributed by atoms with Crippen molar-refractivity contribution in [1.82, 2.24) is 14.7 Å². The minimum absolute atomic E-state index is 0.147. The molecule has 2 aromatic heterocycles. The number of amides is 1. The Balaban J connectivity index is 1.75. The van der Waals surface area contributed by atoms with E-state index in [1.165, 1.54) is 19.2 Å². The zero-order valence-corrected chi connectivity index (χ0v) is 21.0. The fourth-order valence-electron chi connectivity index (χ4n) is 3.36. The van der Waals surface area contributed by atoms with E-state index in [9.17, 15) is 14.0 Å². The maximum absolute atomic E-state index is 13.1. The molecule has 0 radical (unpaired) electrons. The smallest absolute Gasteiger partial charge is 0.341 e. The quantitative estimate of drug-likeness (QED) is 0.345. The third-order valence-electron chi connectivity index (χ3n) is 5.16. The van der Waals surface area contributed by atoms with E-state index in [4.69, 9.17) is 17.0 Å². The van der Waals surface area contributed by atoms with Crippen LogP contribution in [0.4, 0.5) is 15.1 Å². The molecule has 11 heteroatoms. The van der Waals surface area contributed by atoms with E-state index < -0.39 is 5.97 Å². The highest BCUT2D eigenvalue weighted by Crippen LogP contribution is 2.34. The van der Waals surface area contributed by atoms with Crippen LogP contribution in [-0.4, -0.2) is 51.9 Å². The molecule has 2 N–H and O–H groups in total. The molecule has 34 heavy (non-hydrogen) atoms. The minimum atomic E-state index is -0.551. The molecule has 0 unspecified atom stereocenters. The molecular formula is C23H26FN5O3S2. The van der Waals surface area contributed by atoms with Gasteiger partial charge in [-0.05, 0) is 56.2 Å². The second-order valence-corrected chi connectivity index (χ2v) is 8.79. The van der Waals surface area contributed by atoms with Crippen molar-refractivity contribution in [3.05, 3.63) is 64.0 Å². The summed E-state index contributed by atoms with van der Waals surface area (Å²) in [4.78, 5) is 27.5. The number of methoxy groups -OCH3 is 1. The Labute approximate surface area is 206 Å². The van der Waals surface area contributed by atoms with Gasteiger partial charge in [0.25, 0.3) is 5.91 Å². The maximum atomic E-state index is 13.1. The fourth-order valence-corrected chi connectivity index (χ4v) is 4.82. The van der Waals surface area contributed by atoms with Crippen molar-refractivity contribution in [2.24, 2.45) is 0 Å². The molecule has 0 saturated carbocycles. The number of aromatic nitrogens is 2. The van der Waals surface area contributed by atoms with Crippen LogP contribution >= 0.6 is 23.6 Å². The number of anilines is 2. The number of esters is 1. The lowest BCUT2D eigenvalue weighted by atomic mass is 10.1. The van der Waals surface area contributed by atoms with E-state index in [0.717, 1.165) is 16.9 Å². The van der Waals surface area contributed by atoms with Gasteiger partial charge in [0.1, 0.15) is 10.8 Å². The normalized spacial score (nSPS) is 10.6. The number of nitrogens with zero attached hydrogens (tertiary/aromatic N) is 3. The van der Waals surface area contributed by atoms with Gasteiger partial charge >= 0.3 is 5.97 Å². The van der Waals surface area contributed by atoms with Gasteiger partial charge in [-0.2, -0.15) is 5.10 Å². The first kappa shape index (κ1) is 25.3. The van der Waals surface area contributed by atoms with Crippen molar-refractivity contribution >= 4 is 51.2 Å². The Morgan fingerprint density at radius 2 is 1.88 bits per heavy atom. The van der Waals surface area contributed by atoms with Gasteiger partial charge in [0.05, 0.1) is 36.0 Å². The predicted molar refractivity (Wildman–Crippen MR) is 135 cm³/mol. The number of rotatable bonds is 8. The molecule has 0 fully saturated rings. The molecule has 0 aliphatic heterocycles. The number of thiophene rings is 1. The highest BCUT2D eigenvalue weighted by Gasteiger charge is 2.27. The molecule has 0 bridgehead atoms. The summed E-state index contributed by atoms with van der Waals surface area (Å²) in [6, 6.07) is 6.19. The van der Waals surface area contributed by atoms with Gasteiger partial charge in [0, 0.05) is 19.3 Å². The number of hydrogen-bond donors (Lipinski definition) is 2. The van der Waals surface area contributed by atoms with E-state index in [1.54, 1.807) is 41.0 Å². The van der Waals surface area contributed by atoms with Gasteiger partial charge in [0.2, 0.25) is 0 Å². The van der Waals surface area contributed by atoms with Crippen molar-refractivity contribution in [3.8, 4) is 0 Å². The van der Waals surface area contributed by atoms with Crippen molar-refractivity contribution < 1.29 is 18.7 Å². The third kappa shape index (κ3) is 5.78. The summed E-state index contributed by atoms with van der Waals surface area (Å²) in [7, 11) is 1.29. The summed E-state index contributed by atoms with van der Waals surface area (Å²) in [5.74, 6) is -0.989. The van der Waals surface area contributed by atoms with Crippen LogP contribution in [0.2, 0.25) is 0 Å². The Hall–Kier alpha value is -3.31. The van der Waals surface area contributed by atoms with Crippen molar-refractivity contribution in [2.45, 2.75) is 27.3 Å². The molecule has 0 aliphatic rings. The molecule has 1 amide bonds. The first-order valence-corrected chi connectivity index (χ1v) is 11.9. The number of benzene rings is 1. The Kier molecular flexibility index (Phi) is 8.35. The lowest BCUT2D eigenvalue weighted by Crippen LogP contribution is -2.30. The fraction of sp³-hybridized carbons (Fsp3) is 0.304. The first-order chi connectivity index (χ1) is 16.3. The minimum Gasteiger partial charge on any atom is -0.465 e. The van der Waals surface area contributed by atoms with Crippen molar-refractivity contribution in [2.75, 3.05) is 30.8 Å². The standard InChI is InChI=1S/C23H26FN5O3S2/c1-5-28(6-2)21(30)19-14(3)18(22(31)32-4)20(34-19)27-23(33)26-17-11-25-29(13-17)12-15-7-9-16(24)10-8-15/h7-11,13H,5-6,12H2,1-4H3,(H2,26,27,33). The van der Waals surface area contributed by atoms with Gasteiger partial charge in [0.15, 0.2) is 5.11 Å². The highest BCUT2D eigenvalue weighted by atomic mass is 32.1. The molecule has 1 aromatic carbocycles. The predicted octanol–water partition coefficient (Wildman–Crippen LogP) is 4.52. The van der Waals surface area contributed by atoms with Crippen LogP contribution in [-0.2, 0) is 11.3 Å². The van der Waals surface area contributed by atoms with Crippen LogP contribution in [0.5, 0.6) is 0 Å². The summed E-state index contributed by atoms with van der Waals surface area (Å²) in [5.41, 5.74) is 2.36. The summed E-state index contributed by atoms with van der Waals surface area (Å²) in [6.45, 7) is 7.12. The van der Waals surface area contributed by atoms with Gasteiger partial charge in [-0.3, -0.25) is 9.48 Å². The summed E-state index contributed by atoms with van der Waals surface area (Å²) in [6.07, 6.45) is 3.36. The number of carbonyl (C=O) groups excluding carboxylic acids is 2. The molecule has 0 atom stereocenters. The van der Waals surface area contributed by atoms with Gasteiger partial charge in [-0.15, -0.1) is 11.3 Å². The molecule has 2 heterocycles. The van der Waals surface area contributed by atoms with Crippen LogP contribution in [0.15, 0.2) is 36.7 Å². The zero-order chi connectivity index (χ0) is 24.8. The summed E-state index contributed by atoms with van der Waals surface area (Å²) in [5, 5.41) is 11.0. The van der Waals surface area contributed by atoms with E-state index in [1.807, 2.05) is 13.8 Å². The average molecular weight is 504 g/mol. The van der Waals surface area contributed by atoms with Gasteiger partial charge in [-0.25, -0.2) is 9.18 Å². The molecule has 3 rings (SSSR count). The van der Waals surface area contributed by atoms with E-state index in [2.05, 4.69) is 15.7 Å². The van der Waals surface area contributed by atoms with E-state index in [0.29, 0.717) is 40.8 Å². The molecular weight excluding hydrogens is 477 g/mol. The zero-order valence-electron chi connectivity index (χ0n) is 19.3. The SMILES string of the molecule is CCN(CC)C(=O)c1sc(NC(=S)Nc2cnn(Cc3ccc(F)cc3)c2)c(C(=O)OC)c1C. The van der Waals surface area contributed by atoms with Crippen LogP contribution in [0.25, 0.3) is 0 Å². The molecule has 180 valence electrons. The summed E-state index contributed by atoms with van der Waals surface area (Å²) < 4.78 is 19.7. The molecule has 3 aromatic rings. The Morgan fingerprint density at radius 1 is 1.21 bits per heavy atom. The number of hydrogen-bond acceptors (Lipinski definition) is 6. The second kappa shape index (κ2) is 11.2. The Bertz CT molecular complexity index is 1190. The molecule has 8 nitrogen and oxygen atoms in total. The van der Waals surface area contributed by atoms with Crippen LogP contribution in [0.3, 0.4) is 0 Å². The largest absolute Gasteiger partial charge is 0.465 e. The molecule has 0 spiro atoms. The van der Waals surface area contributed by atoms with E-state index >= 15 is 0 Å². The number of thiocarbonyl (C=S) groups is 1. The number of halogens is 1.